The molecular weight excluding hydrogens is 204 g/mol. The van der Waals surface area contributed by atoms with Crippen LogP contribution in [0.2, 0.25) is 0 Å². The third-order valence-electron chi connectivity index (χ3n) is 3.61. The van der Waals surface area contributed by atoms with E-state index >= 15 is 0 Å². The van der Waals surface area contributed by atoms with E-state index < -0.39 is 0 Å². The highest BCUT2D eigenvalue weighted by Crippen LogP contribution is 2.48. The van der Waals surface area contributed by atoms with E-state index in [1.165, 1.54) is 5.56 Å². The normalized spacial score (nSPS) is 30.4. The number of benzene rings is 1. The predicted molar refractivity (Wildman–Crippen MR) is 58.7 cm³/mol. The fourth-order valence-electron chi connectivity index (χ4n) is 2.85. The Labute approximate surface area is 93.7 Å². The van der Waals surface area contributed by atoms with Crippen LogP contribution in [0.15, 0.2) is 24.3 Å². The van der Waals surface area contributed by atoms with Crippen molar-refractivity contribution < 1.29 is 9.53 Å². The van der Waals surface area contributed by atoms with Gasteiger partial charge in [0.15, 0.2) is 0 Å². The van der Waals surface area contributed by atoms with Gasteiger partial charge >= 0.3 is 0 Å². The maximum absolute atomic E-state index is 11.5. The van der Waals surface area contributed by atoms with Gasteiger partial charge in [-0.2, -0.15) is 0 Å². The molecule has 0 spiro atoms. The molecule has 3 rings (SSSR count). The minimum absolute atomic E-state index is 0.00615. The van der Waals surface area contributed by atoms with Gasteiger partial charge in [-0.15, -0.1) is 0 Å². The third kappa shape index (κ3) is 1.30. The Bertz CT molecular complexity index is 433. The minimum atomic E-state index is -0.0736. The van der Waals surface area contributed by atoms with E-state index in [4.69, 9.17) is 10.6 Å². The molecule has 1 aromatic rings. The number of hydrogen-bond acceptors (Lipinski definition) is 3. The molecule has 1 amide bonds. The second kappa shape index (κ2) is 3.49. The lowest BCUT2D eigenvalue weighted by Gasteiger charge is -2.09. The van der Waals surface area contributed by atoms with Crippen molar-refractivity contribution in [1.29, 1.82) is 0 Å². The molecule has 3 atom stereocenters. The van der Waals surface area contributed by atoms with E-state index in [1.807, 2.05) is 18.2 Å². The average Bonchev–Trinajstić information content (AvgIpc) is 2.85. The molecule has 1 saturated carbocycles. The predicted octanol–water partition coefficient (Wildman–Crippen LogP) is 0.931. The molecular formula is C12H14N2O2. The van der Waals surface area contributed by atoms with E-state index in [2.05, 4.69) is 11.5 Å². The molecule has 4 nitrogen and oxygen atoms in total. The summed E-state index contributed by atoms with van der Waals surface area (Å²) in [4.78, 5) is 11.5. The summed E-state index contributed by atoms with van der Waals surface area (Å²) in [7, 11) is 0. The average molecular weight is 218 g/mol. The molecule has 1 aliphatic heterocycles. The first-order valence-electron chi connectivity index (χ1n) is 5.55. The summed E-state index contributed by atoms with van der Waals surface area (Å²) in [5.74, 6) is 6.41. The molecule has 0 aromatic heterocycles. The first kappa shape index (κ1) is 9.66. The van der Waals surface area contributed by atoms with Crippen molar-refractivity contribution in [2.45, 2.75) is 24.9 Å². The smallest absolute Gasteiger partial charge is 0.237 e. The number of hydrazine groups is 1. The molecule has 0 saturated heterocycles. The number of fused-ring (bicyclic) bond motifs is 3. The van der Waals surface area contributed by atoms with Crippen molar-refractivity contribution in [3.05, 3.63) is 29.8 Å². The summed E-state index contributed by atoms with van der Waals surface area (Å²) in [5.41, 5.74) is 3.46. The number of carbonyl (C=O) groups is 1. The van der Waals surface area contributed by atoms with Crippen molar-refractivity contribution in [2.75, 3.05) is 0 Å². The lowest BCUT2D eigenvalue weighted by atomic mass is 9.96. The molecule has 3 N–H and O–H groups in total. The second-order valence-electron chi connectivity index (χ2n) is 4.48. The number of carbonyl (C=O) groups excluding carboxylic acids is 1. The van der Waals surface area contributed by atoms with Crippen molar-refractivity contribution in [1.82, 2.24) is 5.43 Å². The Hall–Kier alpha value is -1.55. The van der Waals surface area contributed by atoms with Gasteiger partial charge in [0.25, 0.3) is 0 Å². The Morgan fingerprint density at radius 2 is 2.19 bits per heavy atom. The van der Waals surface area contributed by atoms with E-state index in [0.29, 0.717) is 5.92 Å². The second-order valence-corrected chi connectivity index (χ2v) is 4.48. The van der Waals surface area contributed by atoms with E-state index in [-0.39, 0.29) is 17.9 Å². The zero-order valence-corrected chi connectivity index (χ0v) is 8.85. The molecule has 3 unspecified atom stereocenters. The summed E-state index contributed by atoms with van der Waals surface area (Å²) in [5, 5.41) is 0. The van der Waals surface area contributed by atoms with Crippen molar-refractivity contribution >= 4 is 5.91 Å². The molecule has 1 fully saturated rings. The standard InChI is InChI=1S/C12H14N2O2/c13-14-12(15)7-5-9-8-3-1-2-4-10(8)16-11(9)6-7/h1-4,7,9,11H,5-6,13H2,(H,14,15). The monoisotopic (exact) mass is 218 g/mol. The van der Waals surface area contributed by atoms with Gasteiger partial charge in [0.2, 0.25) is 5.91 Å². The van der Waals surface area contributed by atoms with Crippen LogP contribution in [-0.2, 0) is 4.79 Å². The highest BCUT2D eigenvalue weighted by atomic mass is 16.5. The summed E-state index contributed by atoms with van der Waals surface area (Å²) < 4.78 is 5.83. The SMILES string of the molecule is NNC(=O)C1CC2Oc3ccccc3C2C1. The van der Waals surface area contributed by atoms with E-state index in [0.717, 1.165) is 18.6 Å². The Balaban J connectivity index is 1.84. The summed E-state index contributed by atoms with van der Waals surface area (Å²) in [6.07, 6.45) is 1.76. The Kier molecular flexibility index (Phi) is 2.11. The molecule has 1 aliphatic carbocycles. The van der Waals surface area contributed by atoms with Gasteiger partial charge in [0.1, 0.15) is 11.9 Å². The van der Waals surface area contributed by atoms with E-state index in [9.17, 15) is 4.79 Å². The van der Waals surface area contributed by atoms with Crippen LogP contribution in [-0.4, -0.2) is 12.0 Å². The highest BCUT2D eigenvalue weighted by molar-refractivity contribution is 5.78. The fraction of sp³-hybridized carbons (Fsp3) is 0.417. The van der Waals surface area contributed by atoms with Crippen LogP contribution in [0, 0.1) is 5.92 Å². The number of rotatable bonds is 1. The number of amides is 1. The maximum Gasteiger partial charge on any atom is 0.237 e. The lowest BCUT2D eigenvalue weighted by Crippen LogP contribution is -2.35. The van der Waals surface area contributed by atoms with E-state index in [1.54, 1.807) is 0 Å². The first-order chi connectivity index (χ1) is 7.79. The molecule has 84 valence electrons. The molecule has 1 aromatic carbocycles. The van der Waals surface area contributed by atoms with Gasteiger partial charge in [-0.1, -0.05) is 18.2 Å². The van der Waals surface area contributed by atoms with Gasteiger partial charge in [-0.05, 0) is 18.9 Å². The highest BCUT2D eigenvalue weighted by Gasteiger charge is 2.44. The van der Waals surface area contributed by atoms with Crippen LogP contribution in [0.25, 0.3) is 0 Å². The molecule has 0 bridgehead atoms. The zero-order chi connectivity index (χ0) is 11.1. The number of para-hydroxylation sites is 1. The van der Waals surface area contributed by atoms with Crippen LogP contribution < -0.4 is 16.0 Å². The molecule has 2 aliphatic rings. The van der Waals surface area contributed by atoms with Crippen molar-refractivity contribution in [3.8, 4) is 5.75 Å². The lowest BCUT2D eigenvalue weighted by molar-refractivity contribution is -0.125. The molecule has 16 heavy (non-hydrogen) atoms. The van der Waals surface area contributed by atoms with Gasteiger partial charge in [-0.3, -0.25) is 10.2 Å². The topological polar surface area (TPSA) is 64.3 Å². The van der Waals surface area contributed by atoms with Crippen LogP contribution in [0.4, 0.5) is 0 Å². The largest absolute Gasteiger partial charge is 0.489 e. The van der Waals surface area contributed by atoms with Crippen LogP contribution >= 0.6 is 0 Å². The van der Waals surface area contributed by atoms with Crippen LogP contribution in [0.1, 0.15) is 24.3 Å². The summed E-state index contributed by atoms with van der Waals surface area (Å²) in [6.45, 7) is 0. The summed E-state index contributed by atoms with van der Waals surface area (Å²) >= 11 is 0. The van der Waals surface area contributed by atoms with Gasteiger partial charge in [-0.25, -0.2) is 5.84 Å². The quantitative estimate of drug-likeness (QED) is 0.419. The van der Waals surface area contributed by atoms with Gasteiger partial charge in [0.05, 0.1) is 0 Å². The summed E-state index contributed by atoms with van der Waals surface area (Å²) in [6, 6.07) is 8.07. The van der Waals surface area contributed by atoms with Crippen molar-refractivity contribution in [2.24, 2.45) is 11.8 Å². The molecule has 1 heterocycles. The van der Waals surface area contributed by atoms with Crippen molar-refractivity contribution in [3.63, 3.8) is 0 Å². The zero-order valence-electron chi connectivity index (χ0n) is 8.85. The van der Waals surface area contributed by atoms with Gasteiger partial charge < -0.3 is 4.74 Å². The molecule has 4 heteroatoms. The number of ether oxygens (including phenoxy) is 1. The van der Waals surface area contributed by atoms with Crippen LogP contribution in [0.3, 0.4) is 0 Å². The Morgan fingerprint density at radius 1 is 1.38 bits per heavy atom. The minimum Gasteiger partial charge on any atom is -0.489 e. The maximum atomic E-state index is 11.5. The van der Waals surface area contributed by atoms with Crippen LogP contribution in [0.5, 0.6) is 5.75 Å². The number of nitrogens with two attached hydrogens (primary N) is 1. The van der Waals surface area contributed by atoms with Gasteiger partial charge in [0, 0.05) is 17.4 Å². The Morgan fingerprint density at radius 3 is 3.00 bits per heavy atom. The first-order valence-corrected chi connectivity index (χ1v) is 5.55. The molecule has 0 radical (unpaired) electrons. The number of hydrogen-bond donors (Lipinski definition) is 2. The number of nitrogens with one attached hydrogen (secondary N) is 1. The third-order valence-corrected chi connectivity index (χ3v) is 3.61. The fourth-order valence-corrected chi connectivity index (χ4v) is 2.85.